The molecule has 21 heavy (non-hydrogen) atoms. The van der Waals surface area contributed by atoms with Crippen LogP contribution < -0.4 is 9.06 Å². The van der Waals surface area contributed by atoms with Crippen LogP contribution in [0.3, 0.4) is 0 Å². The summed E-state index contributed by atoms with van der Waals surface area (Å²) < 4.78 is 12.4. The van der Waals surface area contributed by atoms with E-state index in [9.17, 15) is 9.59 Å². The number of carbonyl (C=O) groups excluding carboxylic acids is 2. The first-order valence-corrected chi connectivity index (χ1v) is 7.70. The highest BCUT2D eigenvalue weighted by molar-refractivity contribution is 7.08. The van der Waals surface area contributed by atoms with Crippen LogP contribution in [0.2, 0.25) is 0 Å². The molecule has 2 aliphatic rings. The smallest absolute Gasteiger partial charge is 0.345 e. The molecule has 0 aromatic carbocycles. The Balaban J connectivity index is 2.45. The van der Waals surface area contributed by atoms with E-state index >= 15 is 0 Å². The van der Waals surface area contributed by atoms with E-state index in [2.05, 4.69) is 0 Å². The van der Waals surface area contributed by atoms with Crippen molar-refractivity contribution in [2.45, 2.75) is 41.5 Å². The van der Waals surface area contributed by atoms with E-state index in [4.69, 9.17) is 9.47 Å². The van der Waals surface area contributed by atoms with Crippen molar-refractivity contribution in [3.05, 3.63) is 20.2 Å². The average molecular weight is 306 g/mol. The van der Waals surface area contributed by atoms with Gasteiger partial charge in [0, 0.05) is 10.8 Å². The Morgan fingerprint density at radius 3 is 1.33 bits per heavy atom. The molecule has 3 rings (SSSR count). The van der Waals surface area contributed by atoms with Crippen LogP contribution in [0.1, 0.15) is 62.3 Å². The lowest BCUT2D eigenvalue weighted by Crippen LogP contribution is -2.17. The van der Waals surface area contributed by atoms with Crippen LogP contribution >= 0.6 is 11.3 Å². The molecule has 0 bridgehead atoms. The van der Waals surface area contributed by atoms with Crippen molar-refractivity contribution >= 4 is 34.8 Å². The monoisotopic (exact) mass is 306 g/mol. The summed E-state index contributed by atoms with van der Waals surface area (Å²) in [6.07, 6.45) is 0. The minimum atomic E-state index is -0.445. The van der Waals surface area contributed by atoms with E-state index in [1.165, 1.54) is 11.3 Å². The molecular formula is C16H18O4S. The molecule has 1 aromatic heterocycles. The average Bonchev–Trinajstić information content (AvgIpc) is 2.89. The second kappa shape index (κ2) is 3.97. The number of fused-ring (bicyclic) bond motifs is 3. The van der Waals surface area contributed by atoms with Gasteiger partial charge < -0.3 is 9.47 Å². The molecule has 4 nitrogen and oxygen atoms in total. The van der Waals surface area contributed by atoms with Crippen molar-refractivity contribution in [2.75, 3.05) is 0 Å². The van der Waals surface area contributed by atoms with Gasteiger partial charge in [0.15, 0.2) is 0 Å². The van der Waals surface area contributed by atoms with Gasteiger partial charge in [0.25, 0.3) is 0 Å². The van der Waals surface area contributed by atoms with Gasteiger partial charge in [0.1, 0.15) is 11.5 Å². The van der Waals surface area contributed by atoms with Gasteiger partial charge in [-0.3, -0.25) is 0 Å². The Hall–Kier alpha value is -1.62. The molecular weight excluding hydrogens is 288 g/mol. The number of hydrogen-bond donors (Lipinski definition) is 0. The molecule has 0 fully saturated rings. The Bertz CT molecular complexity index is 731. The summed E-state index contributed by atoms with van der Waals surface area (Å²) in [7, 11) is 0. The third-order valence-corrected chi connectivity index (χ3v) is 4.67. The molecule has 112 valence electrons. The summed E-state index contributed by atoms with van der Waals surface area (Å²) in [6.45, 7) is 11.9. The number of hydrogen-bond acceptors (Lipinski definition) is 5. The van der Waals surface area contributed by atoms with Crippen LogP contribution in [-0.4, -0.2) is 11.9 Å². The van der Waals surface area contributed by atoms with E-state index in [1.807, 2.05) is 41.5 Å². The number of esters is 2. The predicted octanol–water partition coefficient (Wildman–Crippen LogP) is 2.40. The maximum atomic E-state index is 12.2. The van der Waals surface area contributed by atoms with Gasteiger partial charge in [0.05, 0.1) is 20.2 Å². The lowest BCUT2D eigenvalue weighted by molar-refractivity contribution is 0.0639. The number of thiophene rings is 1. The third-order valence-electron chi connectivity index (χ3n) is 3.48. The van der Waals surface area contributed by atoms with Gasteiger partial charge in [-0.2, -0.15) is 0 Å². The zero-order valence-electron chi connectivity index (χ0n) is 13.0. The quantitative estimate of drug-likeness (QED) is 0.691. The van der Waals surface area contributed by atoms with Gasteiger partial charge in [-0.15, -0.1) is 11.3 Å². The maximum absolute atomic E-state index is 12.2. The van der Waals surface area contributed by atoms with Gasteiger partial charge in [-0.05, 0) is 0 Å². The fourth-order valence-corrected chi connectivity index (χ4v) is 4.17. The minimum absolute atomic E-state index is 0.286. The van der Waals surface area contributed by atoms with Crippen LogP contribution in [0.15, 0.2) is 0 Å². The normalized spacial score (nSPS) is 17.8. The SMILES string of the molecule is CC(C)(C)C1=c2sc3c(c2C(=O)O1)C(=O)OC=3C(C)(C)C. The number of rotatable bonds is 0. The zero-order valence-corrected chi connectivity index (χ0v) is 13.9. The predicted molar refractivity (Wildman–Crippen MR) is 80.1 cm³/mol. The van der Waals surface area contributed by atoms with E-state index in [-0.39, 0.29) is 10.8 Å². The highest BCUT2D eigenvalue weighted by atomic mass is 32.1. The molecule has 0 spiro atoms. The standard InChI is InChI=1S/C16H18O4S/c1-15(2,3)11-9-7(13(17)19-11)8-10(21-9)12(16(4,5)6)20-14(8)18/h1-6H3. The molecule has 0 unspecified atom stereocenters. The minimum Gasteiger partial charge on any atom is -0.425 e. The number of ether oxygens (including phenoxy) is 2. The highest BCUT2D eigenvalue weighted by Gasteiger charge is 2.41. The molecule has 1 aromatic rings. The molecule has 0 saturated heterocycles. The van der Waals surface area contributed by atoms with Crippen LogP contribution in [0, 0.1) is 10.8 Å². The molecule has 0 aliphatic carbocycles. The fraction of sp³-hybridized carbons (Fsp3) is 0.500. The Labute approximate surface area is 127 Å². The van der Waals surface area contributed by atoms with Gasteiger partial charge >= 0.3 is 11.9 Å². The van der Waals surface area contributed by atoms with Crippen molar-refractivity contribution in [3.8, 4) is 0 Å². The van der Waals surface area contributed by atoms with Crippen LogP contribution in [-0.2, 0) is 9.47 Å². The summed E-state index contributed by atoms with van der Waals surface area (Å²) in [5, 5.41) is 0. The maximum Gasteiger partial charge on any atom is 0.345 e. The van der Waals surface area contributed by atoms with Crippen molar-refractivity contribution in [1.82, 2.24) is 0 Å². The first kappa shape index (κ1) is 14.3. The Kier molecular flexibility index (Phi) is 2.71. The van der Waals surface area contributed by atoms with Gasteiger partial charge in [-0.1, -0.05) is 41.5 Å². The summed E-state index contributed by atoms with van der Waals surface area (Å²) in [5.41, 5.74) is 0.185. The second-order valence-electron chi connectivity index (χ2n) is 7.45. The molecule has 0 amide bonds. The number of cyclic esters (lactones) is 2. The largest absolute Gasteiger partial charge is 0.425 e. The van der Waals surface area contributed by atoms with E-state index in [1.54, 1.807) is 0 Å². The Morgan fingerprint density at radius 2 is 1.05 bits per heavy atom. The summed E-state index contributed by atoms with van der Waals surface area (Å²) >= 11 is 1.42. The first-order chi connectivity index (χ1) is 9.51. The van der Waals surface area contributed by atoms with Crippen molar-refractivity contribution in [2.24, 2.45) is 10.8 Å². The van der Waals surface area contributed by atoms with Crippen molar-refractivity contribution in [1.29, 1.82) is 0 Å². The molecule has 0 N–H and O–H groups in total. The van der Waals surface area contributed by atoms with Gasteiger partial charge in [-0.25, -0.2) is 9.59 Å². The van der Waals surface area contributed by atoms with E-state index in [0.717, 1.165) is 9.06 Å². The topological polar surface area (TPSA) is 52.6 Å². The lowest BCUT2D eigenvalue weighted by atomic mass is 9.93. The molecule has 0 saturated carbocycles. The lowest BCUT2D eigenvalue weighted by Gasteiger charge is -2.18. The number of carbonyl (C=O) groups is 2. The van der Waals surface area contributed by atoms with E-state index < -0.39 is 11.9 Å². The van der Waals surface area contributed by atoms with Crippen molar-refractivity contribution in [3.63, 3.8) is 0 Å². The van der Waals surface area contributed by atoms with Crippen molar-refractivity contribution < 1.29 is 19.1 Å². The van der Waals surface area contributed by atoms with E-state index in [0.29, 0.717) is 22.6 Å². The second-order valence-corrected chi connectivity index (χ2v) is 8.47. The molecule has 0 atom stereocenters. The summed E-state index contributed by atoms with van der Waals surface area (Å²) in [4.78, 5) is 24.4. The fourth-order valence-electron chi connectivity index (χ4n) is 2.51. The van der Waals surface area contributed by atoms with Gasteiger partial charge in [0.2, 0.25) is 0 Å². The Morgan fingerprint density at radius 1 is 0.714 bits per heavy atom. The molecule has 2 aliphatic heterocycles. The molecule has 0 radical (unpaired) electrons. The summed E-state index contributed by atoms with van der Waals surface area (Å²) in [5.74, 6) is 0.394. The first-order valence-electron chi connectivity index (χ1n) is 6.88. The molecule has 3 heterocycles. The van der Waals surface area contributed by atoms with Crippen LogP contribution in [0.25, 0.3) is 11.5 Å². The third kappa shape index (κ3) is 1.94. The molecule has 5 heteroatoms. The highest BCUT2D eigenvalue weighted by Crippen LogP contribution is 2.36. The zero-order chi connectivity index (χ0) is 15.7. The van der Waals surface area contributed by atoms with Crippen LogP contribution in [0.4, 0.5) is 0 Å². The van der Waals surface area contributed by atoms with Crippen LogP contribution in [0.5, 0.6) is 0 Å². The summed E-state index contributed by atoms with van der Waals surface area (Å²) in [6, 6.07) is 0.